The van der Waals surface area contributed by atoms with Crippen LogP contribution >= 0.6 is 11.8 Å². The van der Waals surface area contributed by atoms with Crippen LogP contribution in [0.1, 0.15) is 46.3 Å². The smallest absolute Gasteiger partial charge is 0.351 e. The second-order valence-corrected chi connectivity index (χ2v) is 8.82. The second kappa shape index (κ2) is 8.18. The zero-order valence-corrected chi connectivity index (χ0v) is 16.6. The van der Waals surface area contributed by atoms with E-state index in [9.17, 15) is 14.0 Å². The van der Waals surface area contributed by atoms with Crippen molar-refractivity contribution in [2.45, 2.75) is 57.8 Å². The average Bonchev–Trinajstić information content (AvgIpc) is 3.08. The fourth-order valence-electron chi connectivity index (χ4n) is 3.78. The van der Waals surface area contributed by atoms with E-state index in [1.807, 2.05) is 0 Å². The lowest BCUT2D eigenvalue weighted by molar-refractivity contribution is -0.166. The van der Waals surface area contributed by atoms with Crippen molar-refractivity contribution >= 4 is 23.5 Å². The van der Waals surface area contributed by atoms with Crippen LogP contribution < -0.4 is 11.4 Å². The fourth-order valence-corrected chi connectivity index (χ4v) is 4.76. The lowest BCUT2D eigenvalue weighted by atomic mass is 9.75. The number of nitrogens with zero attached hydrogens (tertiary/aromatic N) is 2. The third-order valence-corrected chi connectivity index (χ3v) is 6.42. The molecule has 2 aliphatic rings. The Balaban J connectivity index is 1.65. The van der Waals surface area contributed by atoms with E-state index in [0.717, 1.165) is 30.0 Å². The Kier molecular flexibility index (Phi) is 6.10. The fraction of sp³-hybridized carbons (Fsp3) is 0.722. The first-order chi connectivity index (χ1) is 12.8. The summed E-state index contributed by atoms with van der Waals surface area (Å²) in [6.45, 7) is 6.46. The van der Waals surface area contributed by atoms with Gasteiger partial charge in [-0.1, -0.05) is 27.2 Å². The molecule has 1 aliphatic heterocycles. The summed E-state index contributed by atoms with van der Waals surface area (Å²) < 4.78 is 26.1. The highest BCUT2D eigenvalue weighted by Gasteiger charge is 2.39. The lowest BCUT2D eigenvalue weighted by Crippen LogP contribution is -2.38. The maximum absolute atomic E-state index is 13.6. The molecule has 5 atom stereocenters. The van der Waals surface area contributed by atoms with Gasteiger partial charge in [0.25, 0.3) is 0 Å². The van der Waals surface area contributed by atoms with Crippen LogP contribution in [-0.4, -0.2) is 32.8 Å². The highest BCUT2D eigenvalue weighted by molar-refractivity contribution is 8.00. The molecule has 1 aromatic rings. The van der Waals surface area contributed by atoms with Gasteiger partial charge < -0.3 is 15.2 Å². The minimum Gasteiger partial charge on any atom is -0.459 e. The maximum atomic E-state index is 13.6. The number of esters is 1. The van der Waals surface area contributed by atoms with Crippen LogP contribution in [0.2, 0.25) is 0 Å². The van der Waals surface area contributed by atoms with Crippen LogP contribution in [0.5, 0.6) is 0 Å². The van der Waals surface area contributed by atoms with Gasteiger partial charge in [0.2, 0.25) is 5.44 Å². The Bertz CT molecular complexity index is 757. The first kappa shape index (κ1) is 20.1. The topological polar surface area (TPSA) is 96.4 Å². The molecular weight excluding hydrogens is 373 g/mol. The number of ether oxygens (including phenoxy) is 2. The molecule has 2 N–H and O–H groups in total. The van der Waals surface area contributed by atoms with E-state index in [1.165, 1.54) is 11.8 Å². The zero-order chi connectivity index (χ0) is 19.7. The summed E-state index contributed by atoms with van der Waals surface area (Å²) >= 11 is 1.23. The van der Waals surface area contributed by atoms with Crippen molar-refractivity contribution in [2.24, 2.45) is 17.8 Å². The third kappa shape index (κ3) is 4.45. The molecule has 9 heteroatoms. The van der Waals surface area contributed by atoms with E-state index in [0.29, 0.717) is 23.5 Å². The standard InChI is InChI=1S/C18H26FN3O4S/c1-9(2)11-5-4-10(3)6-13(11)25-16(23)17-26-14(8-27-17)22-7-12(19)15(20)21-18(22)24/h7,9-11,13-14,17H,4-6,8H2,1-3H3,(H2,20,21,24)/t10?,11?,13-,14-,17+/m1/s1. The van der Waals surface area contributed by atoms with Crippen molar-refractivity contribution < 1.29 is 18.7 Å². The van der Waals surface area contributed by atoms with Gasteiger partial charge in [0.05, 0.1) is 6.20 Å². The quantitative estimate of drug-likeness (QED) is 0.777. The van der Waals surface area contributed by atoms with Gasteiger partial charge >= 0.3 is 11.7 Å². The molecule has 2 unspecified atom stereocenters. The van der Waals surface area contributed by atoms with Gasteiger partial charge in [-0.3, -0.25) is 4.57 Å². The van der Waals surface area contributed by atoms with Gasteiger partial charge in [-0.05, 0) is 30.6 Å². The van der Waals surface area contributed by atoms with E-state index in [4.69, 9.17) is 15.2 Å². The summed E-state index contributed by atoms with van der Waals surface area (Å²) in [5, 5.41) is 0. The molecule has 0 radical (unpaired) electrons. The first-order valence-electron chi connectivity index (χ1n) is 9.28. The van der Waals surface area contributed by atoms with Crippen LogP contribution in [0.15, 0.2) is 11.0 Å². The number of anilines is 1. The molecule has 2 fully saturated rings. The molecule has 0 aromatic carbocycles. The van der Waals surface area contributed by atoms with Crippen molar-refractivity contribution in [3.8, 4) is 0 Å². The van der Waals surface area contributed by atoms with E-state index in [1.54, 1.807) is 0 Å². The minimum atomic E-state index is -0.840. The largest absolute Gasteiger partial charge is 0.459 e. The van der Waals surface area contributed by atoms with Crippen LogP contribution in [0.3, 0.4) is 0 Å². The monoisotopic (exact) mass is 399 g/mol. The Morgan fingerprint density at radius 1 is 1.48 bits per heavy atom. The summed E-state index contributed by atoms with van der Waals surface area (Å²) in [7, 11) is 0. The number of halogens is 1. The summed E-state index contributed by atoms with van der Waals surface area (Å²) in [6, 6.07) is 0. The summed E-state index contributed by atoms with van der Waals surface area (Å²) in [4.78, 5) is 28.0. The molecule has 2 heterocycles. The summed E-state index contributed by atoms with van der Waals surface area (Å²) in [5.41, 5.74) is 3.74. The number of carbonyl (C=O) groups is 1. The molecule has 7 nitrogen and oxygen atoms in total. The number of carbonyl (C=O) groups excluding carboxylic acids is 1. The SMILES string of the molecule is CC1CCC(C(C)C)[C@H](OC(=O)[C@H]2O[C@@H](n3cc(F)c(N)nc3=O)CS2)C1. The van der Waals surface area contributed by atoms with Crippen LogP contribution in [0.25, 0.3) is 0 Å². The Hall–Kier alpha value is -1.61. The second-order valence-electron chi connectivity index (χ2n) is 7.72. The predicted octanol–water partition coefficient (Wildman–Crippen LogP) is 2.56. The van der Waals surface area contributed by atoms with Gasteiger partial charge in [-0.15, -0.1) is 11.8 Å². The maximum Gasteiger partial charge on any atom is 0.351 e. The van der Waals surface area contributed by atoms with Gasteiger partial charge in [0, 0.05) is 5.75 Å². The predicted molar refractivity (Wildman–Crippen MR) is 100 cm³/mol. The van der Waals surface area contributed by atoms with E-state index < -0.39 is 35.0 Å². The van der Waals surface area contributed by atoms with Crippen LogP contribution in [0.4, 0.5) is 10.2 Å². The third-order valence-electron chi connectivity index (χ3n) is 5.34. The molecule has 1 aliphatic carbocycles. The van der Waals surface area contributed by atoms with Gasteiger partial charge in [0.1, 0.15) is 12.3 Å². The number of hydrogen-bond acceptors (Lipinski definition) is 7. The molecule has 3 rings (SSSR count). The highest BCUT2D eigenvalue weighted by Crippen LogP contribution is 2.37. The molecule has 0 spiro atoms. The molecule has 1 aromatic heterocycles. The molecule has 150 valence electrons. The van der Waals surface area contributed by atoms with Gasteiger partial charge in [-0.2, -0.15) is 4.98 Å². The number of hydrogen-bond donors (Lipinski definition) is 1. The Labute approximate surface area is 161 Å². The van der Waals surface area contributed by atoms with Gasteiger partial charge in [0.15, 0.2) is 11.6 Å². The normalized spacial score (nSPS) is 31.2. The molecular formula is C18H26FN3O4S. The summed E-state index contributed by atoms with van der Waals surface area (Å²) in [6.07, 6.45) is 3.09. The number of rotatable bonds is 4. The minimum absolute atomic E-state index is 0.122. The molecule has 0 amide bonds. The number of nitrogen functional groups attached to an aromatic ring is 1. The van der Waals surface area contributed by atoms with Crippen LogP contribution in [-0.2, 0) is 14.3 Å². The number of nitrogens with two attached hydrogens (primary N) is 1. The zero-order valence-electron chi connectivity index (χ0n) is 15.8. The number of aromatic nitrogens is 2. The Morgan fingerprint density at radius 3 is 2.93 bits per heavy atom. The summed E-state index contributed by atoms with van der Waals surface area (Å²) in [5.74, 6) is -0.0872. The lowest BCUT2D eigenvalue weighted by Gasteiger charge is -2.37. The van der Waals surface area contributed by atoms with Crippen molar-refractivity contribution in [3.05, 3.63) is 22.5 Å². The molecule has 1 saturated carbocycles. The van der Waals surface area contributed by atoms with Crippen molar-refractivity contribution in [1.82, 2.24) is 9.55 Å². The molecule has 1 saturated heterocycles. The van der Waals surface area contributed by atoms with E-state index >= 15 is 0 Å². The van der Waals surface area contributed by atoms with Crippen molar-refractivity contribution in [1.29, 1.82) is 0 Å². The number of thioether (sulfide) groups is 1. The molecule has 0 bridgehead atoms. The first-order valence-corrected chi connectivity index (χ1v) is 10.3. The van der Waals surface area contributed by atoms with Crippen molar-refractivity contribution in [3.63, 3.8) is 0 Å². The van der Waals surface area contributed by atoms with E-state index in [-0.39, 0.29) is 6.10 Å². The van der Waals surface area contributed by atoms with Crippen molar-refractivity contribution in [2.75, 3.05) is 11.5 Å². The molecule has 27 heavy (non-hydrogen) atoms. The highest BCUT2D eigenvalue weighted by atomic mass is 32.2. The average molecular weight is 399 g/mol. The van der Waals surface area contributed by atoms with Crippen LogP contribution in [0, 0.1) is 23.6 Å². The Morgan fingerprint density at radius 2 is 2.22 bits per heavy atom. The van der Waals surface area contributed by atoms with E-state index in [2.05, 4.69) is 25.8 Å². The van der Waals surface area contributed by atoms with Gasteiger partial charge in [-0.25, -0.2) is 14.0 Å².